The largest absolute Gasteiger partial charge is 0.480 e. The number of hydrogen-bond acceptors (Lipinski definition) is 8. The van der Waals surface area contributed by atoms with Gasteiger partial charge >= 0.3 is 11.9 Å². The minimum atomic E-state index is -2.13. The number of carbonyl (C=O) groups excluding carboxylic acids is 2. The molecule has 0 bridgehead atoms. The SMILES string of the molecule is CCOC(=O)CC1CC(C(C)=O)(C(=O)O)C(c2ccc([N+](=O)[O-])cc2)C1[N+](=O)[O-]. The van der Waals surface area contributed by atoms with Crippen LogP contribution in [0.2, 0.25) is 0 Å². The number of non-ortho nitro benzene ring substituents is 1. The molecule has 4 atom stereocenters. The molecule has 0 saturated heterocycles. The first-order valence-corrected chi connectivity index (χ1v) is 8.84. The topological polar surface area (TPSA) is 167 Å². The van der Waals surface area contributed by atoms with E-state index in [2.05, 4.69) is 0 Å². The van der Waals surface area contributed by atoms with Gasteiger partial charge in [-0.2, -0.15) is 0 Å². The van der Waals surface area contributed by atoms with Crippen molar-refractivity contribution in [1.29, 1.82) is 0 Å². The molecule has 156 valence electrons. The van der Waals surface area contributed by atoms with Gasteiger partial charge in [-0.05, 0) is 25.8 Å². The van der Waals surface area contributed by atoms with Crippen LogP contribution in [-0.2, 0) is 19.1 Å². The Labute approximate surface area is 165 Å². The first kappa shape index (κ1) is 21.9. The zero-order chi connectivity index (χ0) is 21.9. The van der Waals surface area contributed by atoms with E-state index in [9.17, 15) is 39.7 Å². The van der Waals surface area contributed by atoms with Crippen molar-refractivity contribution in [1.82, 2.24) is 0 Å². The summed E-state index contributed by atoms with van der Waals surface area (Å²) in [6.07, 6.45) is -0.824. The first-order valence-electron chi connectivity index (χ1n) is 8.84. The van der Waals surface area contributed by atoms with E-state index >= 15 is 0 Å². The van der Waals surface area contributed by atoms with Gasteiger partial charge in [-0.1, -0.05) is 12.1 Å². The van der Waals surface area contributed by atoms with Crippen molar-refractivity contribution in [3.05, 3.63) is 50.1 Å². The molecule has 11 heteroatoms. The van der Waals surface area contributed by atoms with Gasteiger partial charge in [-0.15, -0.1) is 0 Å². The summed E-state index contributed by atoms with van der Waals surface area (Å²) in [5, 5.41) is 32.7. The summed E-state index contributed by atoms with van der Waals surface area (Å²) in [6, 6.07) is 3.07. The van der Waals surface area contributed by atoms with E-state index in [1.807, 2.05) is 0 Å². The lowest BCUT2D eigenvalue weighted by Gasteiger charge is -2.28. The minimum absolute atomic E-state index is 0.0528. The van der Waals surface area contributed by atoms with E-state index in [0.717, 1.165) is 19.1 Å². The monoisotopic (exact) mass is 408 g/mol. The number of aliphatic carboxylic acids is 1. The second-order valence-electron chi connectivity index (χ2n) is 6.91. The van der Waals surface area contributed by atoms with Crippen LogP contribution in [0.15, 0.2) is 24.3 Å². The van der Waals surface area contributed by atoms with Crippen LogP contribution < -0.4 is 0 Å². The molecule has 0 radical (unpaired) electrons. The first-order chi connectivity index (χ1) is 13.6. The van der Waals surface area contributed by atoms with Crippen LogP contribution in [0.3, 0.4) is 0 Å². The molecule has 1 saturated carbocycles. The molecule has 1 aromatic rings. The third kappa shape index (κ3) is 3.93. The molecular weight excluding hydrogens is 388 g/mol. The quantitative estimate of drug-likeness (QED) is 0.292. The van der Waals surface area contributed by atoms with E-state index in [0.29, 0.717) is 0 Å². The van der Waals surface area contributed by atoms with Gasteiger partial charge in [0.15, 0.2) is 0 Å². The lowest BCUT2D eigenvalue weighted by atomic mass is 9.70. The molecule has 0 amide bonds. The molecule has 11 nitrogen and oxygen atoms in total. The molecule has 0 heterocycles. The van der Waals surface area contributed by atoms with Gasteiger partial charge in [0.05, 0.1) is 23.9 Å². The lowest BCUT2D eigenvalue weighted by molar-refractivity contribution is -0.532. The van der Waals surface area contributed by atoms with Crippen LogP contribution >= 0.6 is 0 Å². The number of rotatable bonds is 8. The smallest absolute Gasteiger partial charge is 0.318 e. The Morgan fingerprint density at radius 2 is 1.79 bits per heavy atom. The van der Waals surface area contributed by atoms with E-state index in [-0.39, 0.29) is 17.9 Å². The van der Waals surface area contributed by atoms with Gasteiger partial charge in [-0.3, -0.25) is 34.6 Å². The highest BCUT2D eigenvalue weighted by molar-refractivity contribution is 6.03. The number of ether oxygens (including phenoxy) is 1. The lowest BCUT2D eigenvalue weighted by Crippen LogP contribution is -2.43. The van der Waals surface area contributed by atoms with Crippen molar-refractivity contribution in [2.75, 3.05) is 6.61 Å². The molecule has 1 fully saturated rings. The average molecular weight is 408 g/mol. The number of carboxylic acid groups (broad SMARTS) is 1. The molecule has 2 rings (SSSR count). The number of benzene rings is 1. The highest BCUT2D eigenvalue weighted by Gasteiger charge is 2.66. The van der Waals surface area contributed by atoms with Gasteiger partial charge in [0.2, 0.25) is 6.04 Å². The Hall–Kier alpha value is -3.37. The van der Waals surface area contributed by atoms with Crippen LogP contribution in [0.1, 0.15) is 38.2 Å². The second kappa shape index (κ2) is 8.33. The molecule has 1 aliphatic carbocycles. The minimum Gasteiger partial charge on any atom is -0.480 e. The fourth-order valence-corrected chi connectivity index (χ4v) is 4.16. The maximum Gasteiger partial charge on any atom is 0.318 e. The summed E-state index contributed by atoms with van der Waals surface area (Å²) < 4.78 is 4.84. The van der Waals surface area contributed by atoms with E-state index in [1.165, 1.54) is 12.1 Å². The second-order valence-corrected chi connectivity index (χ2v) is 6.91. The summed E-state index contributed by atoms with van der Waals surface area (Å²) in [5.41, 5.74) is -2.30. The molecule has 1 aliphatic rings. The predicted octanol–water partition coefficient (Wildman–Crippen LogP) is 1.96. The molecule has 1 N–H and O–H groups in total. The number of hydrogen-bond donors (Lipinski definition) is 1. The fourth-order valence-electron chi connectivity index (χ4n) is 4.16. The molecular formula is C18H20N2O9. The van der Waals surface area contributed by atoms with Crippen LogP contribution in [0.4, 0.5) is 5.69 Å². The maximum absolute atomic E-state index is 12.5. The number of nitro groups is 2. The van der Waals surface area contributed by atoms with E-state index in [1.54, 1.807) is 6.92 Å². The third-order valence-corrected chi connectivity index (χ3v) is 5.39. The summed E-state index contributed by atoms with van der Waals surface area (Å²) >= 11 is 0. The highest BCUT2D eigenvalue weighted by Crippen LogP contribution is 2.55. The van der Waals surface area contributed by atoms with Crippen molar-refractivity contribution in [2.45, 2.75) is 38.6 Å². The Kier molecular flexibility index (Phi) is 6.30. The molecule has 1 aromatic carbocycles. The normalized spacial score (nSPS) is 25.9. The molecule has 29 heavy (non-hydrogen) atoms. The van der Waals surface area contributed by atoms with Crippen molar-refractivity contribution in [2.24, 2.45) is 11.3 Å². The fraction of sp³-hybridized carbons (Fsp3) is 0.500. The summed E-state index contributed by atoms with van der Waals surface area (Å²) in [5.74, 6) is -5.49. The standard InChI is InChI=1S/C18H20N2O9/c1-3-29-14(22)8-12-9-18(10(2)21,17(23)24)15(16(12)20(27)28)11-4-6-13(7-5-11)19(25)26/h4-7,12,15-16H,3,8-9H2,1-2H3,(H,23,24). The number of esters is 1. The molecule has 0 aliphatic heterocycles. The molecule has 0 aromatic heterocycles. The number of carboxylic acids is 1. The van der Waals surface area contributed by atoms with Crippen LogP contribution in [0.5, 0.6) is 0 Å². The van der Waals surface area contributed by atoms with Crippen molar-refractivity contribution in [3.8, 4) is 0 Å². The Morgan fingerprint density at radius 1 is 1.21 bits per heavy atom. The summed E-state index contributed by atoms with van der Waals surface area (Å²) in [7, 11) is 0. The van der Waals surface area contributed by atoms with Crippen LogP contribution in [0, 0.1) is 31.6 Å². The van der Waals surface area contributed by atoms with Gasteiger partial charge < -0.3 is 9.84 Å². The highest BCUT2D eigenvalue weighted by atomic mass is 16.6. The number of carbonyl (C=O) groups is 3. The van der Waals surface area contributed by atoms with Crippen LogP contribution in [-0.4, -0.2) is 45.3 Å². The van der Waals surface area contributed by atoms with Gasteiger partial charge in [-0.25, -0.2) is 0 Å². The van der Waals surface area contributed by atoms with E-state index in [4.69, 9.17) is 4.74 Å². The number of nitrogens with zero attached hydrogens (tertiary/aromatic N) is 2. The van der Waals surface area contributed by atoms with Gasteiger partial charge in [0.25, 0.3) is 5.69 Å². The maximum atomic E-state index is 12.5. The number of Topliss-reactive ketones (excluding diaryl/α,β-unsaturated/α-hetero) is 1. The van der Waals surface area contributed by atoms with Crippen LogP contribution in [0.25, 0.3) is 0 Å². The third-order valence-electron chi connectivity index (χ3n) is 5.39. The molecule has 4 unspecified atom stereocenters. The van der Waals surface area contributed by atoms with Crippen molar-refractivity contribution < 1.29 is 34.1 Å². The summed E-state index contributed by atoms with van der Waals surface area (Å²) in [4.78, 5) is 58.0. The van der Waals surface area contributed by atoms with Gasteiger partial charge in [0.1, 0.15) is 11.2 Å². The van der Waals surface area contributed by atoms with Gasteiger partial charge in [0, 0.05) is 23.0 Å². The Balaban J connectivity index is 2.62. The van der Waals surface area contributed by atoms with Crippen molar-refractivity contribution in [3.63, 3.8) is 0 Å². The average Bonchev–Trinajstić information content (AvgIpc) is 2.98. The summed E-state index contributed by atoms with van der Waals surface area (Å²) in [6.45, 7) is 2.65. The Bertz CT molecular complexity index is 835. The predicted molar refractivity (Wildman–Crippen MR) is 96.7 cm³/mol. The zero-order valence-electron chi connectivity index (χ0n) is 15.8. The molecule has 0 spiro atoms. The van der Waals surface area contributed by atoms with Crippen molar-refractivity contribution >= 4 is 23.4 Å². The van der Waals surface area contributed by atoms with E-state index < -0.39 is 63.7 Å². The number of ketones is 1. The Morgan fingerprint density at radius 3 is 2.21 bits per heavy atom. The zero-order valence-corrected chi connectivity index (χ0v) is 15.8. The number of nitro benzene ring substituents is 1.